The largest absolute Gasteiger partial charge is 0.426 e. The Hall–Kier alpha value is -0.630. The predicted molar refractivity (Wildman–Crippen MR) is 50.0 cm³/mol. The van der Waals surface area contributed by atoms with E-state index in [-0.39, 0.29) is 0 Å². The summed E-state index contributed by atoms with van der Waals surface area (Å²) in [6.07, 6.45) is 2.99. The maximum absolute atomic E-state index is 5.22. The Morgan fingerprint density at radius 1 is 1.27 bits per heavy atom. The van der Waals surface area contributed by atoms with Gasteiger partial charge in [0, 0.05) is 6.26 Å². The van der Waals surface area contributed by atoms with Crippen LogP contribution in [0.15, 0.2) is 24.3 Å². The molecular weight excluding hydrogens is 156 g/mol. The summed E-state index contributed by atoms with van der Waals surface area (Å²) in [5.41, 5.74) is 1.35. The Labute approximate surface area is 72.0 Å². The minimum absolute atomic E-state index is 0.926. The third kappa shape index (κ3) is 2.46. The molecule has 11 heavy (non-hydrogen) atoms. The lowest BCUT2D eigenvalue weighted by atomic mass is 10.2. The molecule has 0 aliphatic heterocycles. The van der Waals surface area contributed by atoms with Crippen molar-refractivity contribution in [2.75, 3.05) is 6.26 Å². The summed E-state index contributed by atoms with van der Waals surface area (Å²) < 4.78 is 5.22. The van der Waals surface area contributed by atoms with Gasteiger partial charge in [-0.25, -0.2) is 0 Å². The molecule has 0 aliphatic rings. The Kier molecular flexibility index (Phi) is 3.30. The Bertz CT molecular complexity index is 205. The molecule has 0 aliphatic carbocycles. The van der Waals surface area contributed by atoms with Crippen molar-refractivity contribution in [3.8, 4) is 5.75 Å². The normalized spacial score (nSPS) is 9.64. The van der Waals surface area contributed by atoms with Crippen LogP contribution in [0.2, 0.25) is 0 Å². The van der Waals surface area contributed by atoms with Gasteiger partial charge >= 0.3 is 0 Å². The summed E-state index contributed by atoms with van der Waals surface area (Å²) in [6.45, 7) is 2.14. The molecule has 0 aromatic heterocycles. The molecule has 0 atom stereocenters. The first-order valence-electron chi connectivity index (χ1n) is 3.66. The van der Waals surface area contributed by atoms with Gasteiger partial charge in [0.05, 0.1) is 12.0 Å². The number of hydrogen-bond donors (Lipinski definition) is 0. The highest BCUT2D eigenvalue weighted by Gasteiger charge is 1.91. The van der Waals surface area contributed by atoms with E-state index in [4.69, 9.17) is 4.18 Å². The van der Waals surface area contributed by atoms with Crippen LogP contribution in [0.5, 0.6) is 5.75 Å². The zero-order valence-electron chi connectivity index (χ0n) is 6.83. The average molecular weight is 168 g/mol. The van der Waals surface area contributed by atoms with Gasteiger partial charge in [-0.15, -0.1) is 0 Å². The smallest absolute Gasteiger partial charge is 0.137 e. The second-order valence-corrected chi connectivity index (χ2v) is 2.75. The zero-order chi connectivity index (χ0) is 8.10. The van der Waals surface area contributed by atoms with E-state index in [0.29, 0.717) is 0 Å². The first-order chi connectivity index (χ1) is 5.36. The minimum Gasteiger partial charge on any atom is -0.426 e. The van der Waals surface area contributed by atoms with Gasteiger partial charge in [0.1, 0.15) is 5.75 Å². The molecule has 0 amide bonds. The van der Waals surface area contributed by atoms with E-state index < -0.39 is 0 Å². The molecule has 0 unspecified atom stereocenters. The van der Waals surface area contributed by atoms with Gasteiger partial charge in [-0.05, 0) is 24.1 Å². The maximum atomic E-state index is 5.22. The third-order valence-corrected chi connectivity index (χ3v) is 1.87. The van der Waals surface area contributed by atoms with Crippen molar-refractivity contribution in [1.29, 1.82) is 0 Å². The van der Waals surface area contributed by atoms with Gasteiger partial charge in [0.2, 0.25) is 0 Å². The monoisotopic (exact) mass is 168 g/mol. The molecule has 0 heterocycles. The highest BCUT2D eigenvalue weighted by molar-refractivity contribution is 7.94. The number of hydrogen-bond acceptors (Lipinski definition) is 2. The molecule has 0 saturated carbocycles. The lowest BCUT2D eigenvalue weighted by Gasteiger charge is -2.00. The molecule has 1 aromatic rings. The van der Waals surface area contributed by atoms with Crippen molar-refractivity contribution in [2.24, 2.45) is 0 Å². The first-order valence-corrected chi connectivity index (χ1v) is 4.81. The fourth-order valence-corrected chi connectivity index (χ4v) is 1.18. The average Bonchev–Trinajstić information content (AvgIpc) is 2.07. The van der Waals surface area contributed by atoms with Crippen molar-refractivity contribution in [2.45, 2.75) is 13.3 Å². The van der Waals surface area contributed by atoms with Crippen molar-refractivity contribution in [1.82, 2.24) is 0 Å². The predicted octanol–water partition coefficient (Wildman–Crippen LogP) is 2.91. The fraction of sp³-hybridized carbons (Fsp3) is 0.333. The highest BCUT2D eigenvalue weighted by Crippen LogP contribution is 2.15. The molecule has 2 heteroatoms. The molecule has 0 N–H and O–H groups in total. The quantitative estimate of drug-likeness (QED) is 0.642. The summed E-state index contributed by atoms with van der Waals surface area (Å²) in [6, 6.07) is 8.17. The lowest BCUT2D eigenvalue weighted by Crippen LogP contribution is -1.81. The van der Waals surface area contributed by atoms with E-state index >= 15 is 0 Å². The van der Waals surface area contributed by atoms with Gasteiger partial charge in [-0.2, -0.15) is 0 Å². The summed E-state index contributed by atoms with van der Waals surface area (Å²) >= 11 is 1.37. The SMILES string of the molecule is CCc1ccc(OSC)cc1. The Morgan fingerprint density at radius 3 is 2.36 bits per heavy atom. The molecule has 0 spiro atoms. The topological polar surface area (TPSA) is 9.23 Å². The number of aryl methyl sites for hydroxylation is 1. The molecule has 0 radical (unpaired) electrons. The van der Waals surface area contributed by atoms with Crippen LogP contribution in [0.25, 0.3) is 0 Å². The van der Waals surface area contributed by atoms with E-state index in [1.54, 1.807) is 0 Å². The van der Waals surface area contributed by atoms with Crippen LogP contribution < -0.4 is 4.18 Å². The van der Waals surface area contributed by atoms with Gasteiger partial charge in [0.15, 0.2) is 0 Å². The second-order valence-electron chi connectivity index (χ2n) is 2.25. The van der Waals surface area contributed by atoms with Gasteiger partial charge in [-0.3, -0.25) is 0 Å². The molecule has 0 saturated heterocycles. The van der Waals surface area contributed by atoms with E-state index in [9.17, 15) is 0 Å². The standard InChI is InChI=1S/C9H12OS/c1-3-8-4-6-9(7-5-8)10-11-2/h4-7H,3H2,1-2H3. The Morgan fingerprint density at radius 2 is 1.91 bits per heavy atom. The minimum atomic E-state index is 0.926. The van der Waals surface area contributed by atoms with E-state index in [1.807, 2.05) is 18.4 Å². The Balaban J connectivity index is 2.66. The second kappa shape index (κ2) is 4.29. The van der Waals surface area contributed by atoms with E-state index in [1.165, 1.54) is 17.6 Å². The molecule has 0 bridgehead atoms. The van der Waals surface area contributed by atoms with E-state index in [2.05, 4.69) is 19.1 Å². The third-order valence-electron chi connectivity index (χ3n) is 1.51. The summed E-state index contributed by atoms with van der Waals surface area (Å²) in [5.74, 6) is 0.926. The van der Waals surface area contributed by atoms with Gasteiger partial charge in [0.25, 0.3) is 0 Å². The number of benzene rings is 1. The van der Waals surface area contributed by atoms with Crippen molar-refractivity contribution < 1.29 is 4.18 Å². The van der Waals surface area contributed by atoms with Crippen LogP contribution in [0.4, 0.5) is 0 Å². The van der Waals surface area contributed by atoms with Gasteiger partial charge < -0.3 is 4.18 Å². The molecule has 1 nitrogen and oxygen atoms in total. The summed E-state index contributed by atoms with van der Waals surface area (Å²) in [7, 11) is 0. The molecular formula is C9H12OS. The van der Waals surface area contributed by atoms with Crippen molar-refractivity contribution in [3.05, 3.63) is 29.8 Å². The van der Waals surface area contributed by atoms with Crippen LogP contribution in [0, 0.1) is 0 Å². The van der Waals surface area contributed by atoms with Crippen LogP contribution >= 0.6 is 12.0 Å². The highest BCUT2D eigenvalue weighted by atomic mass is 32.2. The molecule has 1 aromatic carbocycles. The molecule has 60 valence electrons. The fourth-order valence-electron chi connectivity index (χ4n) is 0.877. The lowest BCUT2D eigenvalue weighted by molar-refractivity contribution is 0.650. The van der Waals surface area contributed by atoms with Crippen molar-refractivity contribution in [3.63, 3.8) is 0 Å². The van der Waals surface area contributed by atoms with Crippen LogP contribution in [0.1, 0.15) is 12.5 Å². The van der Waals surface area contributed by atoms with Crippen LogP contribution in [-0.4, -0.2) is 6.26 Å². The molecule has 0 fully saturated rings. The van der Waals surface area contributed by atoms with Gasteiger partial charge in [-0.1, -0.05) is 19.1 Å². The summed E-state index contributed by atoms with van der Waals surface area (Å²) in [5, 5.41) is 0. The summed E-state index contributed by atoms with van der Waals surface area (Å²) in [4.78, 5) is 0. The molecule has 1 rings (SSSR count). The van der Waals surface area contributed by atoms with Crippen LogP contribution in [-0.2, 0) is 6.42 Å². The van der Waals surface area contributed by atoms with E-state index in [0.717, 1.165) is 12.2 Å². The maximum Gasteiger partial charge on any atom is 0.137 e. The zero-order valence-corrected chi connectivity index (χ0v) is 7.65. The van der Waals surface area contributed by atoms with Crippen molar-refractivity contribution >= 4 is 12.0 Å². The number of rotatable bonds is 3. The first kappa shape index (κ1) is 8.47. The van der Waals surface area contributed by atoms with Crippen LogP contribution in [0.3, 0.4) is 0 Å².